The van der Waals surface area contributed by atoms with Crippen molar-refractivity contribution in [3.63, 3.8) is 0 Å². The van der Waals surface area contributed by atoms with Crippen LogP contribution < -0.4 is 0 Å². The van der Waals surface area contributed by atoms with Crippen LogP contribution in [0.3, 0.4) is 0 Å². The first kappa shape index (κ1) is 14.3. The molecular formula is C12H2Cl6S. The second-order valence-corrected chi connectivity index (χ2v) is 7.23. The molecule has 0 N–H and O–H groups in total. The van der Waals surface area contributed by atoms with Crippen molar-refractivity contribution in [1.29, 1.82) is 0 Å². The van der Waals surface area contributed by atoms with Crippen molar-refractivity contribution in [3.05, 3.63) is 42.3 Å². The van der Waals surface area contributed by atoms with Crippen molar-refractivity contribution in [1.82, 2.24) is 0 Å². The van der Waals surface area contributed by atoms with Crippen molar-refractivity contribution < 1.29 is 0 Å². The van der Waals surface area contributed by atoms with E-state index >= 15 is 0 Å². The summed E-state index contributed by atoms with van der Waals surface area (Å²) in [5.41, 5.74) is 0. The summed E-state index contributed by atoms with van der Waals surface area (Å²) >= 11 is 38.2. The van der Waals surface area contributed by atoms with E-state index in [9.17, 15) is 0 Å². The van der Waals surface area contributed by atoms with Gasteiger partial charge in [0.05, 0.1) is 30.1 Å². The van der Waals surface area contributed by atoms with Crippen LogP contribution in [0.4, 0.5) is 0 Å². The minimum absolute atomic E-state index is 0.303. The van der Waals surface area contributed by atoms with Gasteiger partial charge >= 0.3 is 0 Å². The van der Waals surface area contributed by atoms with Gasteiger partial charge in [-0.3, -0.25) is 0 Å². The Morgan fingerprint density at radius 2 is 0.947 bits per heavy atom. The summed E-state index contributed by atoms with van der Waals surface area (Å²) in [4.78, 5) is 0. The number of benzene rings is 2. The van der Waals surface area contributed by atoms with Gasteiger partial charge in [-0.2, -0.15) is 0 Å². The average Bonchev–Trinajstić information content (AvgIpc) is 2.71. The molecule has 7 heteroatoms. The maximum atomic E-state index is 6.27. The van der Waals surface area contributed by atoms with Gasteiger partial charge in [-0.15, -0.1) is 11.3 Å². The molecule has 0 aliphatic carbocycles. The van der Waals surface area contributed by atoms with E-state index in [4.69, 9.17) is 69.6 Å². The molecule has 0 radical (unpaired) electrons. The maximum absolute atomic E-state index is 6.27. The lowest BCUT2D eigenvalue weighted by molar-refractivity contribution is 1.82. The van der Waals surface area contributed by atoms with Crippen LogP contribution in [0.15, 0.2) is 12.1 Å². The quantitative estimate of drug-likeness (QED) is 0.341. The number of halogens is 6. The van der Waals surface area contributed by atoms with E-state index in [1.54, 1.807) is 12.1 Å². The van der Waals surface area contributed by atoms with E-state index in [0.717, 1.165) is 20.2 Å². The Morgan fingerprint density at radius 3 is 1.32 bits per heavy atom. The standard InChI is InChI=1S/C12H2Cl6S/c13-3-1-5-7(11(17)9(3)15)8-6(19-5)2-4(14)10(16)12(8)18/h1-2H. The highest BCUT2D eigenvalue weighted by molar-refractivity contribution is 7.26. The van der Waals surface area contributed by atoms with Gasteiger partial charge in [0, 0.05) is 20.2 Å². The van der Waals surface area contributed by atoms with E-state index in [-0.39, 0.29) is 0 Å². The Balaban J connectivity index is 2.64. The molecule has 1 aromatic heterocycles. The summed E-state index contributed by atoms with van der Waals surface area (Å²) in [6.07, 6.45) is 0. The Morgan fingerprint density at radius 1 is 0.579 bits per heavy atom. The lowest BCUT2D eigenvalue weighted by Gasteiger charge is -2.04. The van der Waals surface area contributed by atoms with E-state index in [2.05, 4.69) is 0 Å². The Bertz CT molecular complexity index is 767. The van der Waals surface area contributed by atoms with Crippen molar-refractivity contribution in [2.75, 3.05) is 0 Å². The van der Waals surface area contributed by atoms with E-state index in [1.807, 2.05) is 0 Å². The van der Waals surface area contributed by atoms with E-state index in [0.29, 0.717) is 30.1 Å². The van der Waals surface area contributed by atoms with Gasteiger partial charge in [0.25, 0.3) is 0 Å². The molecule has 3 aromatic rings. The summed E-state index contributed by atoms with van der Waals surface area (Å²) in [6, 6.07) is 3.52. The zero-order valence-corrected chi connectivity index (χ0v) is 14.2. The Labute approximate surface area is 142 Å². The first-order chi connectivity index (χ1) is 8.91. The summed E-state index contributed by atoms with van der Waals surface area (Å²) in [5.74, 6) is 0. The van der Waals surface area contributed by atoms with Gasteiger partial charge in [0.1, 0.15) is 0 Å². The monoisotopic (exact) mass is 388 g/mol. The number of hydrogen-bond donors (Lipinski definition) is 0. The van der Waals surface area contributed by atoms with Crippen LogP contribution in [0.1, 0.15) is 0 Å². The van der Waals surface area contributed by atoms with Crippen LogP contribution in [-0.2, 0) is 0 Å². The molecule has 0 bridgehead atoms. The van der Waals surface area contributed by atoms with Crippen LogP contribution in [0.2, 0.25) is 30.1 Å². The highest BCUT2D eigenvalue weighted by Crippen LogP contribution is 2.49. The van der Waals surface area contributed by atoms with Gasteiger partial charge in [-0.05, 0) is 12.1 Å². The molecule has 0 saturated carbocycles. The van der Waals surface area contributed by atoms with Gasteiger partial charge in [0.15, 0.2) is 0 Å². The molecule has 0 amide bonds. The smallest absolute Gasteiger partial charge is 0.0785 e. The predicted octanol–water partition coefficient (Wildman–Crippen LogP) is 7.97. The molecule has 0 fully saturated rings. The van der Waals surface area contributed by atoms with Gasteiger partial charge in [-0.1, -0.05) is 69.6 Å². The predicted molar refractivity (Wildman–Crippen MR) is 89.4 cm³/mol. The molecule has 0 unspecified atom stereocenters. The molecule has 0 saturated heterocycles. The molecule has 3 rings (SSSR count). The van der Waals surface area contributed by atoms with Gasteiger partial charge in [0.2, 0.25) is 0 Å². The second-order valence-electron chi connectivity index (χ2n) is 3.82. The fourth-order valence-corrected chi connectivity index (χ4v) is 4.73. The fraction of sp³-hybridized carbons (Fsp3) is 0. The SMILES string of the molecule is Clc1cc2sc3cc(Cl)c(Cl)c(Cl)c3c2c(Cl)c1Cl. The minimum Gasteiger partial charge on any atom is -0.135 e. The summed E-state index contributed by atoms with van der Waals surface area (Å²) < 4.78 is 1.77. The molecule has 0 spiro atoms. The highest BCUT2D eigenvalue weighted by Gasteiger charge is 2.19. The zero-order valence-electron chi connectivity index (χ0n) is 8.83. The first-order valence-corrected chi connectivity index (χ1v) is 8.03. The van der Waals surface area contributed by atoms with Crippen LogP contribution >= 0.6 is 80.9 Å². The zero-order chi connectivity index (χ0) is 13.9. The molecular weight excluding hydrogens is 389 g/mol. The minimum atomic E-state index is 0.303. The van der Waals surface area contributed by atoms with Crippen molar-refractivity contribution >= 4 is 101 Å². The van der Waals surface area contributed by atoms with E-state index in [1.165, 1.54) is 11.3 Å². The summed E-state index contributed by atoms with van der Waals surface area (Å²) in [7, 11) is 0. The second kappa shape index (κ2) is 4.99. The number of rotatable bonds is 0. The van der Waals surface area contributed by atoms with Crippen molar-refractivity contribution in [2.24, 2.45) is 0 Å². The molecule has 0 atom stereocenters. The molecule has 0 aliphatic rings. The van der Waals surface area contributed by atoms with Crippen molar-refractivity contribution in [2.45, 2.75) is 0 Å². The normalized spacial score (nSPS) is 11.7. The molecule has 1 heterocycles. The third-order valence-electron chi connectivity index (χ3n) is 2.72. The van der Waals surface area contributed by atoms with Gasteiger partial charge in [-0.25, -0.2) is 0 Å². The van der Waals surface area contributed by atoms with Crippen LogP contribution in [-0.4, -0.2) is 0 Å². The lowest BCUT2D eigenvalue weighted by atomic mass is 10.1. The largest absolute Gasteiger partial charge is 0.135 e. The van der Waals surface area contributed by atoms with Crippen LogP contribution in [0.5, 0.6) is 0 Å². The molecule has 2 aromatic carbocycles. The molecule has 19 heavy (non-hydrogen) atoms. The van der Waals surface area contributed by atoms with Crippen molar-refractivity contribution in [3.8, 4) is 0 Å². The summed E-state index contributed by atoms with van der Waals surface area (Å²) in [5, 5.41) is 3.65. The Hall–Kier alpha value is 0.400. The number of thiophene rings is 1. The number of fused-ring (bicyclic) bond motifs is 3. The third kappa shape index (κ3) is 2.11. The molecule has 0 nitrogen and oxygen atoms in total. The van der Waals surface area contributed by atoms with E-state index < -0.39 is 0 Å². The topological polar surface area (TPSA) is 0 Å². The maximum Gasteiger partial charge on any atom is 0.0785 e. The third-order valence-corrected chi connectivity index (χ3v) is 6.33. The molecule has 0 aliphatic heterocycles. The first-order valence-electron chi connectivity index (χ1n) is 4.95. The van der Waals surface area contributed by atoms with Gasteiger partial charge < -0.3 is 0 Å². The molecule has 98 valence electrons. The highest BCUT2D eigenvalue weighted by atomic mass is 35.5. The average molecular weight is 391 g/mol. The van der Waals surface area contributed by atoms with Crippen LogP contribution in [0.25, 0.3) is 20.2 Å². The fourth-order valence-electron chi connectivity index (χ4n) is 1.89. The Kier molecular flexibility index (Phi) is 3.77. The summed E-state index contributed by atoms with van der Waals surface area (Å²) in [6.45, 7) is 0. The number of hydrogen-bond acceptors (Lipinski definition) is 1. The lowest BCUT2D eigenvalue weighted by Crippen LogP contribution is -1.77. The van der Waals surface area contributed by atoms with Crippen LogP contribution in [0, 0.1) is 0 Å².